The monoisotopic (exact) mass is 321 g/mol. The van der Waals surface area contributed by atoms with E-state index in [4.69, 9.17) is 4.74 Å². The van der Waals surface area contributed by atoms with Gasteiger partial charge in [-0.05, 0) is 24.3 Å². The molecule has 17 heavy (non-hydrogen) atoms. The molecule has 0 aliphatic rings. The average Bonchev–Trinajstić information content (AvgIpc) is 2.24. The molecular weight excluding hydrogens is 306 g/mol. The molecule has 1 aromatic rings. The normalized spacial score (nSPS) is 11.4. The SMILES string of the molecule is CS(=O)(=O)CCNCCOc1ccc(Br)cc1. The van der Waals surface area contributed by atoms with Gasteiger partial charge in [0.2, 0.25) is 0 Å². The highest BCUT2D eigenvalue weighted by molar-refractivity contribution is 9.10. The van der Waals surface area contributed by atoms with E-state index in [0.29, 0.717) is 19.7 Å². The van der Waals surface area contributed by atoms with Crippen molar-refractivity contribution < 1.29 is 13.2 Å². The van der Waals surface area contributed by atoms with Gasteiger partial charge in [0.05, 0.1) is 5.75 Å². The summed E-state index contributed by atoms with van der Waals surface area (Å²) in [5, 5.41) is 3.01. The van der Waals surface area contributed by atoms with E-state index in [2.05, 4.69) is 21.2 Å². The number of rotatable bonds is 7. The van der Waals surface area contributed by atoms with Crippen molar-refractivity contribution in [2.24, 2.45) is 0 Å². The third-order valence-electron chi connectivity index (χ3n) is 2.01. The quantitative estimate of drug-likeness (QED) is 0.772. The van der Waals surface area contributed by atoms with E-state index in [1.165, 1.54) is 6.26 Å². The first kappa shape index (κ1) is 14.5. The largest absolute Gasteiger partial charge is 0.492 e. The van der Waals surface area contributed by atoms with Gasteiger partial charge in [-0.3, -0.25) is 0 Å². The van der Waals surface area contributed by atoms with Gasteiger partial charge in [-0.15, -0.1) is 0 Å². The summed E-state index contributed by atoms with van der Waals surface area (Å²) in [5.74, 6) is 0.962. The Morgan fingerprint density at radius 1 is 1.24 bits per heavy atom. The van der Waals surface area contributed by atoms with E-state index in [1.807, 2.05) is 24.3 Å². The van der Waals surface area contributed by atoms with Crippen LogP contribution in [0.25, 0.3) is 0 Å². The van der Waals surface area contributed by atoms with Gasteiger partial charge < -0.3 is 10.1 Å². The van der Waals surface area contributed by atoms with Crippen molar-refractivity contribution in [3.8, 4) is 5.75 Å². The van der Waals surface area contributed by atoms with Crippen LogP contribution < -0.4 is 10.1 Å². The maximum Gasteiger partial charge on any atom is 0.148 e. The molecule has 0 spiro atoms. The average molecular weight is 322 g/mol. The second-order valence-corrected chi connectivity index (χ2v) is 6.86. The van der Waals surface area contributed by atoms with Crippen LogP contribution in [0.3, 0.4) is 0 Å². The summed E-state index contributed by atoms with van der Waals surface area (Å²) in [6.45, 7) is 1.61. The lowest BCUT2D eigenvalue weighted by molar-refractivity contribution is 0.315. The molecule has 0 bridgehead atoms. The van der Waals surface area contributed by atoms with Gasteiger partial charge in [0, 0.05) is 23.8 Å². The number of halogens is 1. The maximum absolute atomic E-state index is 10.8. The molecule has 0 fully saturated rings. The summed E-state index contributed by atoms with van der Waals surface area (Å²) in [6.07, 6.45) is 1.23. The Kier molecular flexibility index (Phi) is 5.94. The molecule has 0 amide bonds. The first-order valence-corrected chi connectivity index (χ1v) is 8.09. The second kappa shape index (κ2) is 6.98. The molecule has 0 saturated heterocycles. The third kappa shape index (κ3) is 7.36. The van der Waals surface area contributed by atoms with Crippen LogP contribution in [0.2, 0.25) is 0 Å². The molecule has 0 saturated carbocycles. The smallest absolute Gasteiger partial charge is 0.148 e. The van der Waals surface area contributed by atoms with Gasteiger partial charge >= 0.3 is 0 Å². The second-order valence-electron chi connectivity index (χ2n) is 3.68. The lowest BCUT2D eigenvalue weighted by Gasteiger charge is -2.07. The van der Waals surface area contributed by atoms with Crippen LogP contribution in [0.15, 0.2) is 28.7 Å². The van der Waals surface area contributed by atoms with Crippen molar-refractivity contribution >= 4 is 25.8 Å². The molecule has 0 atom stereocenters. The van der Waals surface area contributed by atoms with Crippen molar-refractivity contribution in [1.29, 1.82) is 0 Å². The summed E-state index contributed by atoms with van der Waals surface area (Å²) in [7, 11) is -2.88. The summed E-state index contributed by atoms with van der Waals surface area (Å²) in [6, 6.07) is 7.57. The van der Waals surface area contributed by atoms with Crippen molar-refractivity contribution in [2.45, 2.75) is 0 Å². The zero-order chi connectivity index (χ0) is 12.7. The van der Waals surface area contributed by atoms with Crippen LogP contribution in [-0.4, -0.2) is 40.1 Å². The summed E-state index contributed by atoms with van der Waals surface area (Å²) in [4.78, 5) is 0. The third-order valence-corrected chi connectivity index (χ3v) is 3.49. The maximum atomic E-state index is 10.8. The molecular formula is C11H16BrNO3S. The molecule has 96 valence electrons. The fourth-order valence-corrected chi connectivity index (χ4v) is 1.93. The summed E-state index contributed by atoms with van der Waals surface area (Å²) < 4.78 is 28.2. The minimum Gasteiger partial charge on any atom is -0.492 e. The fourth-order valence-electron chi connectivity index (χ4n) is 1.15. The van der Waals surface area contributed by atoms with E-state index in [9.17, 15) is 8.42 Å². The van der Waals surface area contributed by atoms with Gasteiger partial charge in [-0.2, -0.15) is 0 Å². The number of sulfone groups is 1. The topological polar surface area (TPSA) is 55.4 Å². The lowest BCUT2D eigenvalue weighted by atomic mass is 10.3. The molecule has 6 heteroatoms. The molecule has 0 aliphatic carbocycles. The molecule has 0 unspecified atom stereocenters. The Morgan fingerprint density at radius 3 is 2.47 bits per heavy atom. The fraction of sp³-hybridized carbons (Fsp3) is 0.455. The van der Waals surface area contributed by atoms with Gasteiger partial charge in [0.25, 0.3) is 0 Å². The zero-order valence-corrected chi connectivity index (χ0v) is 12.1. The minimum absolute atomic E-state index is 0.158. The Morgan fingerprint density at radius 2 is 1.88 bits per heavy atom. The Labute approximate surface area is 110 Å². The minimum atomic E-state index is -2.88. The Balaban J connectivity index is 2.10. The lowest BCUT2D eigenvalue weighted by Crippen LogP contribution is -2.26. The first-order chi connectivity index (χ1) is 7.97. The molecule has 1 N–H and O–H groups in total. The van der Waals surface area contributed by atoms with Gasteiger partial charge in [0.15, 0.2) is 0 Å². The Hall–Kier alpha value is -0.590. The Bertz CT molecular complexity index is 431. The number of benzene rings is 1. The molecule has 1 aromatic carbocycles. The van der Waals surface area contributed by atoms with Gasteiger partial charge in [-0.25, -0.2) is 8.42 Å². The van der Waals surface area contributed by atoms with E-state index in [0.717, 1.165) is 10.2 Å². The molecule has 0 heterocycles. The van der Waals surface area contributed by atoms with Crippen molar-refractivity contribution in [1.82, 2.24) is 5.32 Å². The van der Waals surface area contributed by atoms with E-state index in [1.54, 1.807) is 0 Å². The summed E-state index contributed by atoms with van der Waals surface area (Å²) in [5.41, 5.74) is 0. The molecule has 4 nitrogen and oxygen atoms in total. The van der Waals surface area contributed by atoms with Gasteiger partial charge in [-0.1, -0.05) is 15.9 Å². The van der Waals surface area contributed by atoms with Crippen LogP contribution in [0, 0.1) is 0 Å². The number of hydrogen-bond acceptors (Lipinski definition) is 4. The van der Waals surface area contributed by atoms with E-state index < -0.39 is 9.84 Å². The van der Waals surface area contributed by atoms with Crippen LogP contribution in [0.1, 0.15) is 0 Å². The number of nitrogens with one attached hydrogen (secondary N) is 1. The predicted octanol–water partition coefficient (Wildman–Crippen LogP) is 1.46. The van der Waals surface area contributed by atoms with Crippen molar-refractivity contribution in [2.75, 3.05) is 31.7 Å². The zero-order valence-electron chi connectivity index (χ0n) is 9.65. The molecule has 0 radical (unpaired) electrons. The van der Waals surface area contributed by atoms with E-state index >= 15 is 0 Å². The van der Waals surface area contributed by atoms with Crippen molar-refractivity contribution in [3.05, 3.63) is 28.7 Å². The highest BCUT2D eigenvalue weighted by Gasteiger charge is 2.00. The highest BCUT2D eigenvalue weighted by Crippen LogP contribution is 2.15. The summed E-state index contributed by atoms with van der Waals surface area (Å²) >= 11 is 3.34. The number of hydrogen-bond donors (Lipinski definition) is 1. The van der Waals surface area contributed by atoms with Crippen LogP contribution in [-0.2, 0) is 9.84 Å². The highest BCUT2D eigenvalue weighted by atomic mass is 79.9. The van der Waals surface area contributed by atoms with Crippen molar-refractivity contribution in [3.63, 3.8) is 0 Å². The molecule has 1 rings (SSSR count). The van der Waals surface area contributed by atoms with Crippen LogP contribution in [0.4, 0.5) is 0 Å². The standard InChI is InChI=1S/C11H16BrNO3S/c1-17(14,15)9-7-13-6-8-16-11-4-2-10(12)3-5-11/h2-5,13H,6-9H2,1H3. The van der Waals surface area contributed by atoms with Crippen LogP contribution >= 0.6 is 15.9 Å². The van der Waals surface area contributed by atoms with Gasteiger partial charge in [0.1, 0.15) is 22.2 Å². The molecule has 0 aromatic heterocycles. The number of ether oxygens (including phenoxy) is 1. The predicted molar refractivity (Wildman–Crippen MR) is 72.2 cm³/mol. The van der Waals surface area contributed by atoms with Crippen LogP contribution in [0.5, 0.6) is 5.75 Å². The molecule has 0 aliphatic heterocycles. The van der Waals surface area contributed by atoms with E-state index in [-0.39, 0.29) is 5.75 Å². The first-order valence-electron chi connectivity index (χ1n) is 5.24.